The smallest absolute Gasteiger partial charge is 0.268 e. The predicted octanol–water partition coefficient (Wildman–Crippen LogP) is 9.40. The third-order valence-corrected chi connectivity index (χ3v) is 15.1. The Labute approximate surface area is 374 Å². The normalized spacial score (nSPS) is 25.1. The van der Waals surface area contributed by atoms with E-state index in [9.17, 15) is 0 Å². The molecule has 0 spiro atoms. The van der Waals surface area contributed by atoms with E-state index < -0.39 is 12.0 Å². The van der Waals surface area contributed by atoms with Crippen molar-refractivity contribution in [1.82, 2.24) is 35.3 Å². The van der Waals surface area contributed by atoms with Crippen molar-refractivity contribution in [2.45, 2.75) is 76.7 Å². The van der Waals surface area contributed by atoms with Crippen LogP contribution in [-0.4, -0.2) is 89.5 Å². The minimum atomic E-state index is -2.79. The number of likely N-dealkylation sites (N-methyl/N-ethyl adjacent to an activating group) is 1. The molecule has 0 bridgehead atoms. The number of piperidine rings is 2. The lowest BCUT2D eigenvalue weighted by Gasteiger charge is -2.47. The number of benzene rings is 2. The van der Waals surface area contributed by atoms with Gasteiger partial charge in [-0.2, -0.15) is 10.1 Å². The first-order valence-corrected chi connectivity index (χ1v) is 23.1. The third kappa shape index (κ3) is 7.83. The van der Waals surface area contributed by atoms with Crippen LogP contribution in [0.1, 0.15) is 76.0 Å². The van der Waals surface area contributed by atoms with E-state index in [2.05, 4.69) is 82.4 Å². The van der Waals surface area contributed by atoms with Gasteiger partial charge in [0.1, 0.15) is 5.02 Å². The summed E-state index contributed by atoms with van der Waals surface area (Å²) < 4.78 is 32.9. The summed E-state index contributed by atoms with van der Waals surface area (Å²) in [6.45, 7) is 24.2. The lowest BCUT2D eigenvalue weighted by atomic mass is 9.73. The molecule has 4 aromatic rings. The summed E-state index contributed by atoms with van der Waals surface area (Å²) in [5, 5.41) is 16.7. The van der Waals surface area contributed by atoms with Crippen LogP contribution in [0.25, 0.3) is 16.6 Å². The van der Waals surface area contributed by atoms with Gasteiger partial charge in [-0.05, 0) is 97.7 Å². The number of allylic oxidation sites excluding steroid dienone is 3. The first kappa shape index (κ1) is 41.8. The average Bonchev–Trinajstić information content (AvgIpc) is 4.06. The van der Waals surface area contributed by atoms with Crippen LogP contribution in [0.3, 0.4) is 0 Å². The van der Waals surface area contributed by atoms with Crippen molar-refractivity contribution in [2.24, 2.45) is 24.3 Å². The van der Waals surface area contributed by atoms with Gasteiger partial charge in [0.05, 0.1) is 29.1 Å². The third-order valence-electron chi connectivity index (χ3n) is 14.9. The number of nitrogens with zero attached hydrogens (tertiary/aromatic N) is 8. The van der Waals surface area contributed by atoms with Crippen molar-refractivity contribution in [1.29, 1.82) is 0 Å². The summed E-state index contributed by atoms with van der Waals surface area (Å²) in [5.41, 5.74) is 10.5. The second kappa shape index (κ2) is 15.8. The molecule has 10 rings (SSSR count). The maximum atomic E-state index is 15.4. The molecular formula is C49H60ClF2N11. The van der Waals surface area contributed by atoms with E-state index in [1.54, 1.807) is 6.20 Å². The van der Waals surface area contributed by atoms with E-state index in [0.29, 0.717) is 22.7 Å². The van der Waals surface area contributed by atoms with Gasteiger partial charge in [0.2, 0.25) is 5.95 Å². The quantitative estimate of drug-likeness (QED) is 0.159. The van der Waals surface area contributed by atoms with E-state index in [0.717, 1.165) is 134 Å². The molecule has 6 aliphatic rings. The Morgan fingerprint density at radius 1 is 0.937 bits per heavy atom. The molecule has 3 saturated heterocycles. The standard InChI is InChI=1S/C49H60ClF2N11/c1-29-8-13-36(30(2)54-29)44-38-14-12-35(25-42(38)60(7)58-44)62-22-20-61(21-23-62)27-33-17-19-63(28-48(33,4)5)47-53-26-40(50)46(57-47)55-34-11-15-41-39(24-34)43-37(31(3)59(41)6)16-18-49(51,52)45(56-43)32-9-10-32/h11-12,14-15,24-26,32-33,36,45,54,56H,1-3,8-10,13,16-23,27-28H2,4-7H3,(H,53,55,57)/t33-,36?,45?/m0/s1. The van der Waals surface area contributed by atoms with E-state index in [-0.39, 0.29) is 30.1 Å². The molecular weight excluding hydrogens is 816 g/mol. The summed E-state index contributed by atoms with van der Waals surface area (Å²) >= 11 is 6.75. The topological polar surface area (TPSA) is 92.7 Å². The molecule has 4 fully saturated rings. The van der Waals surface area contributed by atoms with Crippen LogP contribution in [0.5, 0.6) is 0 Å². The van der Waals surface area contributed by atoms with Crippen LogP contribution in [0.15, 0.2) is 85.0 Å². The van der Waals surface area contributed by atoms with E-state index in [4.69, 9.17) is 26.7 Å². The first-order valence-electron chi connectivity index (χ1n) is 22.7. The second-order valence-corrected chi connectivity index (χ2v) is 19.9. The number of anilines is 5. The Morgan fingerprint density at radius 3 is 2.48 bits per heavy atom. The molecule has 0 radical (unpaired) electrons. The van der Waals surface area contributed by atoms with Gasteiger partial charge in [0.25, 0.3) is 5.92 Å². The second-order valence-electron chi connectivity index (χ2n) is 19.5. The monoisotopic (exact) mass is 875 g/mol. The largest absolute Gasteiger partial charge is 0.375 e. The minimum Gasteiger partial charge on any atom is -0.375 e. The highest BCUT2D eigenvalue weighted by Gasteiger charge is 2.50. The van der Waals surface area contributed by atoms with Crippen LogP contribution < -0.4 is 30.7 Å². The predicted molar refractivity (Wildman–Crippen MR) is 252 cm³/mol. The van der Waals surface area contributed by atoms with Crippen molar-refractivity contribution in [2.75, 3.05) is 72.9 Å². The van der Waals surface area contributed by atoms with Crippen molar-refractivity contribution in [3.05, 3.63) is 101 Å². The van der Waals surface area contributed by atoms with Gasteiger partial charge in [0, 0.05) is 117 Å². The Hall–Kier alpha value is -5.14. The van der Waals surface area contributed by atoms with E-state index >= 15 is 8.78 Å². The fraction of sp³-hybridized carbons (Fsp3) is 0.490. The van der Waals surface area contributed by atoms with Gasteiger partial charge < -0.3 is 30.7 Å². The molecule has 11 nitrogen and oxygen atoms in total. The van der Waals surface area contributed by atoms with Gasteiger partial charge in [-0.25, -0.2) is 13.8 Å². The minimum absolute atomic E-state index is 0.0170. The fourth-order valence-corrected chi connectivity index (χ4v) is 11.0. The lowest BCUT2D eigenvalue weighted by Crippen LogP contribution is -2.53. The SMILES string of the molecule is C=C1CCC(c2nn(C)c3cc(N4CCN(C[C@@H]5CCN(c6ncc(Cl)c(Nc7ccc8c(c7)C7=C(CCC(F)(F)C(C9CC9)N7)C(=C)N8C)n6)CC5(C)C)CC4)ccc23)C(=C)N1. The summed E-state index contributed by atoms with van der Waals surface area (Å²) in [7, 11) is 3.99. The summed E-state index contributed by atoms with van der Waals surface area (Å²) in [4.78, 5) is 19.1. The van der Waals surface area contributed by atoms with Gasteiger partial charge in [-0.15, -0.1) is 0 Å². The highest BCUT2D eigenvalue weighted by Crippen LogP contribution is 2.49. The highest BCUT2D eigenvalue weighted by atomic mass is 35.5. The average molecular weight is 877 g/mol. The molecule has 1 saturated carbocycles. The van der Waals surface area contributed by atoms with E-state index in [1.807, 2.05) is 41.9 Å². The number of hydrogen-bond acceptors (Lipinski definition) is 10. The maximum absolute atomic E-state index is 15.4. The first-order chi connectivity index (χ1) is 30.1. The van der Waals surface area contributed by atoms with Crippen LogP contribution in [0, 0.1) is 17.3 Å². The zero-order valence-electron chi connectivity index (χ0n) is 37.1. The van der Waals surface area contributed by atoms with Gasteiger partial charge in [-0.3, -0.25) is 9.58 Å². The van der Waals surface area contributed by atoms with Gasteiger partial charge in [0.15, 0.2) is 5.82 Å². The molecule has 3 N–H and O–H groups in total. The zero-order valence-corrected chi connectivity index (χ0v) is 37.8. The van der Waals surface area contributed by atoms with Gasteiger partial charge >= 0.3 is 0 Å². The zero-order chi connectivity index (χ0) is 43.9. The van der Waals surface area contributed by atoms with Crippen LogP contribution in [0.2, 0.25) is 5.02 Å². The molecule has 2 unspecified atom stereocenters. The summed E-state index contributed by atoms with van der Waals surface area (Å²) in [6.07, 6.45) is 6.35. The Balaban J connectivity index is 0.781. The number of piperazine rings is 1. The summed E-state index contributed by atoms with van der Waals surface area (Å²) in [5.74, 6) is -0.941. The maximum Gasteiger partial charge on any atom is 0.268 e. The number of nitrogens with one attached hydrogen (secondary N) is 3. The van der Waals surface area contributed by atoms with Crippen molar-refractivity contribution >= 4 is 57.0 Å². The van der Waals surface area contributed by atoms with Crippen molar-refractivity contribution in [3.8, 4) is 0 Å². The fourth-order valence-electron chi connectivity index (χ4n) is 10.8. The van der Waals surface area contributed by atoms with E-state index in [1.165, 1.54) is 11.1 Å². The number of halogens is 3. The number of hydrogen-bond donors (Lipinski definition) is 3. The number of aromatic nitrogens is 4. The Bertz CT molecular complexity index is 2530. The molecule has 14 heteroatoms. The molecule has 1 aliphatic carbocycles. The number of aryl methyl sites for hydroxylation is 1. The molecule has 5 aliphatic heterocycles. The Kier molecular flexibility index (Phi) is 10.5. The molecule has 2 aromatic carbocycles. The van der Waals surface area contributed by atoms with Gasteiger partial charge in [-0.1, -0.05) is 45.2 Å². The highest BCUT2D eigenvalue weighted by molar-refractivity contribution is 6.33. The lowest BCUT2D eigenvalue weighted by molar-refractivity contribution is -0.0441. The summed E-state index contributed by atoms with van der Waals surface area (Å²) in [6, 6.07) is 11.9. The molecule has 63 heavy (non-hydrogen) atoms. The number of fused-ring (bicyclic) bond motifs is 3. The van der Waals surface area contributed by atoms with Crippen LogP contribution in [0.4, 0.5) is 37.6 Å². The van der Waals surface area contributed by atoms with Crippen molar-refractivity contribution in [3.63, 3.8) is 0 Å². The molecule has 332 valence electrons. The Morgan fingerprint density at radius 2 is 1.73 bits per heavy atom. The van der Waals surface area contributed by atoms with Crippen LogP contribution in [-0.2, 0) is 7.05 Å². The molecule has 3 atom stereocenters. The number of alkyl halides is 2. The molecule has 2 aromatic heterocycles. The molecule has 7 heterocycles. The number of rotatable bonds is 8. The molecule has 0 amide bonds. The van der Waals surface area contributed by atoms with Crippen LogP contribution >= 0.6 is 11.6 Å². The van der Waals surface area contributed by atoms with Crippen molar-refractivity contribution < 1.29 is 8.78 Å².